The van der Waals surface area contributed by atoms with Crippen LogP contribution in [0.4, 0.5) is 0 Å². The summed E-state index contributed by atoms with van der Waals surface area (Å²) >= 11 is 12.4. The largest absolute Gasteiger partial charge is 0.477 e. The zero-order chi connectivity index (χ0) is 17.7. The van der Waals surface area contributed by atoms with E-state index >= 15 is 0 Å². The molecule has 2 bridgehead atoms. The van der Waals surface area contributed by atoms with Gasteiger partial charge in [0.1, 0.15) is 0 Å². The summed E-state index contributed by atoms with van der Waals surface area (Å²) in [6, 6.07) is 5.32. The third kappa shape index (κ3) is 2.66. The van der Waals surface area contributed by atoms with Crippen LogP contribution >= 0.6 is 23.2 Å². The molecule has 3 aromatic rings. The third-order valence-electron chi connectivity index (χ3n) is 5.32. The molecule has 26 heavy (non-hydrogen) atoms. The normalized spacial score (nSPS) is 23.8. The van der Waals surface area contributed by atoms with Crippen molar-refractivity contribution in [2.45, 2.75) is 12.8 Å². The number of allylic oxidation sites excluding steroid dienone is 2. The first-order valence-corrected chi connectivity index (χ1v) is 9.40. The van der Waals surface area contributed by atoms with Crippen molar-refractivity contribution in [2.75, 3.05) is 6.61 Å². The minimum atomic E-state index is 0.521. The lowest BCUT2D eigenvalue weighted by molar-refractivity contribution is 0.218. The van der Waals surface area contributed by atoms with Crippen LogP contribution in [0.5, 0.6) is 5.88 Å². The zero-order valence-electron chi connectivity index (χ0n) is 13.8. The SMILES string of the molecule is Clc1ccc(-c2nnc3cncc(OCC4CC5C=CC4C5)n23)c(Cl)c1. The summed E-state index contributed by atoms with van der Waals surface area (Å²) in [7, 11) is 0. The number of fused-ring (bicyclic) bond motifs is 3. The molecule has 0 aliphatic heterocycles. The van der Waals surface area contributed by atoms with Gasteiger partial charge in [-0.3, -0.25) is 4.98 Å². The van der Waals surface area contributed by atoms with Crippen molar-refractivity contribution in [1.82, 2.24) is 19.6 Å². The number of hydrogen-bond donors (Lipinski definition) is 0. The maximum absolute atomic E-state index is 6.37. The van der Waals surface area contributed by atoms with E-state index in [-0.39, 0.29) is 0 Å². The molecule has 2 aliphatic carbocycles. The molecule has 5 rings (SSSR count). The maximum atomic E-state index is 6.37. The smallest absolute Gasteiger partial charge is 0.220 e. The summed E-state index contributed by atoms with van der Waals surface area (Å²) in [4.78, 5) is 4.23. The molecular weight excluding hydrogens is 371 g/mol. The molecule has 2 aliphatic rings. The Morgan fingerprint density at radius 3 is 2.81 bits per heavy atom. The average molecular weight is 387 g/mol. The van der Waals surface area contributed by atoms with E-state index < -0.39 is 0 Å². The molecule has 3 unspecified atom stereocenters. The van der Waals surface area contributed by atoms with Crippen molar-refractivity contribution in [3.05, 3.63) is 52.8 Å². The third-order valence-corrected chi connectivity index (χ3v) is 5.86. The van der Waals surface area contributed by atoms with Gasteiger partial charge in [-0.1, -0.05) is 35.4 Å². The van der Waals surface area contributed by atoms with E-state index in [2.05, 4.69) is 27.3 Å². The highest BCUT2D eigenvalue weighted by molar-refractivity contribution is 6.36. The Morgan fingerprint density at radius 2 is 2.04 bits per heavy atom. The molecule has 2 aromatic heterocycles. The van der Waals surface area contributed by atoms with Gasteiger partial charge in [0, 0.05) is 10.6 Å². The van der Waals surface area contributed by atoms with Crippen molar-refractivity contribution in [3.8, 4) is 17.3 Å². The van der Waals surface area contributed by atoms with Gasteiger partial charge < -0.3 is 4.74 Å². The van der Waals surface area contributed by atoms with E-state index in [9.17, 15) is 0 Å². The van der Waals surface area contributed by atoms with Crippen molar-refractivity contribution < 1.29 is 4.74 Å². The molecule has 1 aromatic carbocycles. The number of benzene rings is 1. The Balaban J connectivity index is 1.50. The monoisotopic (exact) mass is 386 g/mol. The number of rotatable bonds is 4. The Kier molecular flexibility index (Phi) is 3.87. The van der Waals surface area contributed by atoms with Gasteiger partial charge in [-0.2, -0.15) is 0 Å². The zero-order valence-corrected chi connectivity index (χ0v) is 15.4. The van der Waals surface area contributed by atoms with Crippen LogP contribution < -0.4 is 4.74 Å². The second-order valence-electron chi connectivity index (χ2n) is 6.94. The highest BCUT2D eigenvalue weighted by atomic mass is 35.5. The lowest BCUT2D eigenvalue weighted by Crippen LogP contribution is -2.17. The molecule has 3 atom stereocenters. The first kappa shape index (κ1) is 16.1. The van der Waals surface area contributed by atoms with Crippen LogP contribution in [0.2, 0.25) is 10.0 Å². The van der Waals surface area contributed by atoms with E-state index in [1.54, 1.807) is 24.5 Å². The van der Waals surface area contributed by atoms with Gasteiger partial charge in [0.05, 0.1) is 24.0 Å². The minimum absolute atomic E-state index is 0.521. The Morgan fingerprint density at radius 1 is 1.12 bits per heavy atom. The standard InChI is InChI=1S/C19H16Cl2N4O/c20-14-3-4-15(16(21)7-14)19-24-23-17-8-22-9-18(25(17)19)26-10-13-6-11-1-2-12(13)5-11/h1-4,7-9,11-13H,5-6,10H2. The second-order valence-corrected chi connectivity index (χ2v) is 7.78. The predicted octanol–water partition coefficient (Wildman–Crippen LogP) is 4.69. The summed E-state index contributed by atoms with van der Waals surface area (Å²) < 4.78 is 8.01. The molecule has 0 N–H and O–H groups in total. The van der Waals surface area contributed by atoms with Gasteiger partial charge in [-0.25, -0.2) is 4.40 Å². The molecule has 1 fully saturated rings. The van der Waals surface area contributed by atoms with Gasteiger partial charge in [0.15, 0.2) is 11.5 Å². The van der Waals surface area contributed by atoms with Crippen molar-refractivity contribution in [3.63, 3.8) is 0 Å². The molecule has 0 spiro atoms. The van der Waals surface area contributed by atoms with Gasteiger partial charge >= 0.3 is 0 Å². The first-order valence-electron chi connectivity index (χ1n) is 8.65. The fourth-order valence-electron chi connectivity index (χ4n) is 4.05. The lowest BCUT2D eigenvalue weighted by atomic mass is 9.95. The van der Waals surface area contributed by atoms with Gasteiger partial charge in [-0.15, -0.1) is 10.2 Å². The quantitative estimate of drug-likeness (QED) is 0.610. The van der Waals surface area contributed by atoms with Gasteiger partial charge in [0.2, 0.25) is 5.88 Å². The summed E-state index contributed by atoms with van der Waals surface area (Å²) in [5, 5.41) is 9.59. The van der Waals surface area contributed by atoms with Crippen LogP contribution in [0.25, 0.3) is 17.0 Å². The van der Waals surface area contributed by atoms with Crippen LogP contribution in [-0.4, -0.2) is 26.2 Å². The molecule has 7 heteroatoms. The fourth-order valence-corrected chi connectivity index (χ4v) is 4.54. The Labute approximate surface area is 160 Å². The highest BCUT2D eigenvalue weighted by Crippen LogP contribution is 2.43. The second kappa shape index (κ2) is 6.25. The molecule has 0 amide bonds. The summed E-state index contributed by atoms with van der Waals surface area (Å²) in [5.74, 6) is 3.16. The molecule has 132 valence electrons. The van der Waals surface area contributed by atoms with Crippen molar-refractivity contribution in [2.24, 2.45) is 17.8 Å². The molecule has 0 radical (unpaired) electrons. The van der Waals surface area contributed by atoms with E-state index in [1.807, 2.05) is 10.5 Å². The molecule has 0 saturated heterocycles. The summed E-state index contributed by atoms with van der Waals surface area (Å²) in [6.07, 6.45) is 10.5. The van der Waals surface area contributed by atoms with E-state index in [1.165, 1.54) is 12.8 Å². The van der Waals surface area contributed by atoms with Crippen LogP contribution in [0.3, 0.4) is 0 Å². The van der Waals surface area contributed by atoms with Crippen molar-refractivity contribution >= 4 is 28.8 Å². The molecular formula is C19H16Cl2N4O. The predicted molar refractivity (Wildman–Crippen MR) is 101 cm³/mol. The number of hydrogen-bond acceptors (Lipinski definition) is 4. The number of ether oxygens (including phenoxy) is 1. The fraction of sp³-hybridized carbons (Fsp3) is 0.316. The summed E-state index contributed by atoms with van der Waals surface area (Å²) in [5.41, 5.74) is 1.37. The Bertz CT molecular complexity index is 1020. The topological polar surface area (TPSA) is 52.3 Å². The van der Waals surface area contributed by atoms with E-state index in [0.29, 0.717) is 45.8 Å². The minimum Gasteiger partial charge on any atom is -0.477 e. The van der Waals surface area contributed by atoms with Gasteiger partial charge in [-0.05, 0) is 48.8 Å². The lowest BCUT2D eigenvalue weighted by Gasteiger charge is -2.19. The van der Waals surface area contributed by atoms with Gasteiger partial charge in [0.25, 0.3) is 0 Å². The highest BCUT2D eigenvalue weighted by Gasteiger charge is 2.36. The van der Waals surface area contributed by atoms with Crippen LogP contribution in [0.15, 0.2) is 42.7 Å². The molecule has 5 nitrogen and oxygen atoms in total. The molecule has 1 saturated carbocycles. The first-order chi connectivity index (χ1) is 12.7. The number of halogens is 2. The number of nitrogens with zero attached hydrogens (tertiary/aromatic N) is 4. The van der Waals surface area contributed by atoms with Crippen LogP contribution in [-0.2, 0) is 0 Å². The van der Waals surface area contributed by atoms with Crippen LogP contribution in [0.1, 0.15) is 12.8 Å². The van der Waals surface area contributed by atoms with E-state index in [4.69, 9.17) is 27.9 Å². The maximum Gasteiger partial charge on any atom is 0.220 e. The van der Waals surface area contributed by atoms with Crippen LogP contribution in [0, 0.1) is 17.8 Å². The molecule has 2 heterocycles. The number of aromatic nitrogens is 4. The summed E-state index contributed by atoms with van der Waals surface area (Å²) in [6.45, 7) is 0.665. The van der Waals surface area contributed by atoms with E-state index in [0.717, 1.165) is 11.5 Å². The van der Waals surface area contributed by atoms with Crippen molar-refractivity contribution in [1.29, 1.82) is 0 Å². The Hall–Kier alpha value is -2.11. The average Bonchev–Trinajstić information content (AvgIpc) is 3.35.